The lowest BCUT2D eigenvalue weighted by molar-refractivity contribution is 0.0624. The fraction of sp³-hybridized carbons (Fsp3) is 0.364. The first-order valence-corrected chi connectivity index (χ1v) is 9.85. The van der Waals surface area contributed by atoms with Crippen molar-refractivity contribution in [2.24, 2.45) is 0 Å². The Morgan fingerprint density at radius 1 is 0.710 bits per heavy atom. The van der Waals surface area contributed by atoms with Crippen LogP contribution in [0.15, 0.2) is 48.5 Å². The smallest absolute Gasteiger partial charge is 0.528 e. The summed E-state index contributed by atoms with van der Waals surface area (Å²) >= 11 is 0. The van der Waals surface area contributed by atoms with E-state index in [9.17, 15) is 9.59 Å². The van der Waals surface area contributed by atoms with Crippen LogP contribution < -0.4 is 19.9 Å². The molecule has 0 spiro atoms. The molecule has 31 heavy (non-hydrogen) atoms. The van der Waals surface area contributed by atoms with E-state index in [0.29, 0.717) is 22.9 Å². The molecule has 2 aromatic carbocycles. The Hall–Kier alpha value is -3.36. The number of rotatable bonds is 6. The summed E-state index contributed by atoms with van der Waals surface area (Å²) in [5, 5.41) is 5.31. The van der Waals surface area contributed by atoms with Gasteiger partial charge >= 0.3 is 19.9 Å². The van der Waals surface area contributed by atoms with E-state index in [4.69, 9.17) is 18.8 Å². The van der Waals surface area contributed by atoms with Gasteiger partial charge in [-0.05, 0) is 65.8 Å². The molecule has 2 N–H and O–H groups in total. The lowest BCUT2D eigenvalue weighted by Crippen LogP contribution is -2.27. The van der Waals surface area contributed by atoms with Crippen molar-refractivity contribution in [1.29, 1.82) is 0 Å². The van der Waals surface area contributed by atoms with Gasteiger partial charge < -0.3 is 18.8 Å². The highest BCUT2D eigenvalue weighted by Gasteiger charge is 2.17. The summed E-state index contributed by atoms with van der Waals surface area (Å²) in [6.07, 6.45) is -1.09. The molecule has 8 nitrogen and oxygen atoms in total. The minimum absolute atomic E-state index is 0.0637. The highest BCUT2D eigenvalue weighted by atomic mass is 16.6. The molecule has 166 valence electrons. The largest absolute Gasteiger partial charge is 0.576 e. The number of carbonyl (C=O) groups is 2. The Kier molecular flexibility index (Phi) is 7.80. The maximum atomic E-state index is 11.9. The summed E-state index contributed by atoms with van der Waals surface area (Å²) in [4.78, 5) is 23.8. The van der Waals surface area contributed by atoms with E-state index in [1.807, 2.05) is 0 Å². The molecule has 0 radical (unpaired) electrons. The summed E-state index contributed by atoms with van der Waals surface area (Å²) < 4.78 is 21.6. The summed E-state index contributed by atoms with van der Waals surface area (Å²) in [6, 6.07) is 13.7. The molecule has 0 aliphatic rings. The van der Waals surface area contributed by atoms with Crippen LogP contribution in [0.4, 0.5) is 21.0 Å². The number of benzene rings is 2. The molecule has 0 aliphatic carbocycles. The minimum Gasteiger partial charge on any atom is -0.528 e. The standard InChI is InChI=1S/C22H29BN2O6/c1-21(2,3)28-19(26)24-15-9-7-11-17(13-15)30-23-31-18-12-8-10-16(14-18)25-20(27)29-22(4,5)6/h7-14,23H,1-6H3,(H,24,26)(H,25,27). The first-order valence-electron chi connectivity index (χ1n) is 9.85. The maximum Gasteiger partial charge on any atom is 0.576 e. The monoisotopic (exact) mass is 428 g/mol. The van der Waals surface area contributed by atoms with Gasteiger partial charge in [0.25, 0.3) is 0 Å². The minimum atomic E-state index is -0.584. The second kappa shape index (κ2) is 10.1. The van der Waals surface area contributed by atoms with Crippen LogP contribution in [0.5, 0.6) is 11.5 Å². The molecule has 0 saturated heterocycles. The molecule has 0 heterocycles. The SMILES string of the molecule is CC(C)(C)OC(=O)Nc1cccc(OBOc2cccc(NC(=O)OC(C)(C)C)c2)c1. The van der Waals surface area contributed by atoms with E-state index in [0.717, 1.165) is 0 Å². The van der Waals surface area contributed by atoms with Crippen molar-refractivity contribution in [3.63, 3.8) is 0 Å². The van der Waals surface area contributed by atoms with Gasteiger partial charge in [0.05, 0.1) is 0 Å². The average Bonchev–Trinajstić information content (AvgIpc) is 2.59. The van der Waals surface area contributed by atoms with Gasteiger partial charge in [0.2, 0.25) is 0 Å². The molecule has 0 atom stereocenters. The topological polar surface area (TPSA) is 95.1 Å². The molecule has 0 saturated carbocycles. The van der Waals surface area contributed by atoms with E-state index >= 15 is 0 Å². The van der Waals surface area contributed by atoms with E-state index in [-0.39, 0.29) is 7.69 Å². The second-order valence-electron chi connectivity index (χ2n) is 8.72. The van der Waals surface area contributed by atoms with Gasteiger partial charge in [-0.1, -0.05) is 12.1 Å². The highest BCUT2D eigenvalue weighted by molar-refractivity contribution is 6.20. The maximum absolute atomic E-state index is 11.9. The van der Waals surface area contributed by atoms with Crippen molar-refractivity contribution in [3.05, 3.63) is 48.5 Å². The summed E-state index contributed by atoms with van der Waals surface area (Å²) in [5.41, 5.74) is -0.0942. The van der Waals surface area contributed by atoms with Gasteiger partial charge in [-0.3, -0.25) is 10.6 Å². The van der Waals surface area contributed by atoms with Crippen LogP contribution in [-0.2, 0) is 9.47 Å². The third kappa shape index (κ3) is 9.80. The molecule has 0 aliphatic heterocycles. The summed E-state index contributed by atoms with van der Waals surface area (Å²) in [7, 11) is -0.0637. The number of amides is 2. The van der Waals surface area contributed by atoms with Crippen LogP contribution in [0.1, 0.15) is 41.5 Å². The quantitative estimate of drug-likeness (QED) is 0.622. The summed E-state index contributed by atoms with van der Waals surface area (Å²) in [5.74, 6) is 1.02. The lowest BCUT2D eigenvalue weighted by Gasteiger charge is -2.20. The number of nitrogens with one attached hydrogen (secondary N) is 2. The number of hydrogen-bond donors (Lipinski definition) is 2. The molecular weight excluding hydrogens is 399 g/mol. The van der Waals surface area contributed by atoms with Crippen LogP contribution in [0.3, 0.4) is 0 Å². The van der Waals surface area contributed by atoms with E-state index < -0.39 is 23.4 Å². The van der Waals surface area contributed by atoms with Crippen LogP contribution in [0, 0.1) is 0 Å². The van der Waals surface area contributed by atoms with Gasteiger partial charge in [0.1, 0.15) is 22.7 Å². The number of carbonyl (C=O) groups excluding carboxylic acids is 2. The summed E-state index contributed by atoms with van der Waals surface area (Å²) in [6.45, 7) is 10.8. The number of anilines is 2. The zero-order chi connectivity index (χ0) is 23.1. The Bertz CT molecular complexity index is 832. The zero-order valence-corrected chi connectivity index (χ0v) is 18.8. The molecule has 0 fully saturated rings. The predicted molar refractivity (Wildman–Crippen MR) is 121 cm³/mol. The fourth-order valence-electron chi connectivity index (χ4n) is 2.34. The molecule has 0 unspecified atom stereocenters. The zero-order valence-electron chi connectivity index (χ0n) is 18.8. The Balaban J connectivity index is 1.87. The van der Waals surface area contributed by atoms with Crippen molar-refractivity contribution in [2.45, 2.75) is 52.7 Å². The second-order valence-corrected chi connectivity index (χ2v) is 8.72. The van der Waals surface area contributed by atoms with Gasteiger partial charge in [-0.25, -0.2) is 9.59 Å². The van der Waals surface area contributed by atoms with Crippen molar-refractivity contribution in [3.8, 4) is 11.5 Å². The van der Waals surface area contributed by atoms with Gasteiger partial charge in [0, 0.05) is 23.5 Å². The molecule has 9 heteroatoms. The highest BCUT2D eigenvalue weighted by Crippen LogP contribution is 2.21. The molecule has 2 aromatic rings. The van der Waals surface area contributed by atoms with Crippen molar-refractivity contribution in [1.82, 2.24) is 0 Å². The fourth-order valence-corrected chi connectivity index (χ4v) is 2.34. The number of hydrogen-bond acceptors (Lipinski definition) is 6. The Labute approximate surface area is 183 Å². The number of ether oxygens (including phenoxy) is 2. The van der Waals surface area contributed by atoms with Crippen molar-refractivity contribution < 1.29 is 28.4 Å². The van der Waals surface area contributed by atoms with Crippen LogP contribution in [0.25, 0.3) is 0 Å². The van der Waals surface area contributed by atoms with Crippen molar-refractivity contribution in [2.75, 3.05) is 10.6 Å². The molecule has 0 aromatic heterocycles. The first-order chi connectivity index (χ1) is 14.4. The van der Waals surface area contributed by atoms with Gasteiger partial charge in [-0.15, -0.1) is 0 Å². The van der Waals surface area contributed by atoms with Crippen LogP contribution in [-0.4, -0.2) is 31.1 Å². The molecule has 2 rings (SSSR count). The van der Waals surface area contributed by atoms with Crippen LogP contribution in [0.2, 0.25) is 0 Å². The average molecular weight is 428 g/mol. The Morgan fingerprint density at radius 2 is 1.10 bits per heavy atom. The van der Waals surface area contributed by atoms with E-state index in [1.165, 1.54) is 0 Å². The third-order valence-electron chi connectivity index (χ3n) is 3.41. The van der Waals surface area contributed by atoms with E-state index in [2.05, 4.69) is 10.6 Å². The molecule has 0 bridgehead atoms. The third-order valence-corrected chi connectivity index (χ3v) is 3.41. The van der Waals surface area contributed by atoms with Gasteiger partial charge in [0.15, 0.2) is 0 Å². The molecular formula is C22H29BN2O6. The van der Waals surface area contributed by atoms with E-state index in [1.54, 1.807) is 90.1 Å². The first kappa shape index (κ1) is 23.9. The predicted octanol–water partition coefficient (Wildman–Crippen LogP) is 5.10. The Morgan fingerprint density at radius 3 is 1.45 bits per heavy atom. The van der Waals surface area contributed by atoms with Crippen molar-refractivity contribution >= 4 is 31.2 Å². The normalized spacial score (nSPS) is 11.2. The van der Waals surface area contributed by atoms with Gasteiger partial charge in [-0.2, -0.15) is 0 Å². The molecule has 2 amide bonds. The lowest BCUT2D eigenvalue weighted by atomic mass is 10.2. The van der Waals surface area contributed by atoms with Crippen LogP contribution >= 0.6 is 0 Å².